The average molecular weight is 319 g/mol. The van der Waals surface area contributed by atoms with Crippen molar-refractivity contribution < 1.29 is 15.0 Å². The van der Waals surface area contributed by atoms with Gasteiger partial charge in [0, 0.05) is 18.5 Å². The SMILES string of the molecule is CN1C(=O)C=C[C@@]2(C)C1CC[C@@H]1[C@H]2CC[C@]2(C)C(O)C(O)C[C@@H]12. The van der Waals surface area contributed by atoms with Crippen molar-refractivity contribution in [2.24, 2.45) is 28.6 Å². The number of hydrogen-bond donors (Lipinski definition) is 2. The molecule has 1 amide bonds. The Morgan fingerprint density at radius 2 is 1.91 bits per heavy atom. The zero-order valence-corrected chi connectivity index (χ0v) is 14.4. The van der Waals surface area contributed by atoms with Crippen LogP contribution in [0.4, 0.5) is 0 Å². The van der Waals surface area contributed by atoms with Crippen molar-refractivity contribution in [3.05, 3.63) is 12.2 Å². The van der Waals surface area contributed by atoms with Gasteiger partial charge >= 0.3 is 0 Å². The highest BCUT2D eigenvalue weighted by Gasteiger charge is 2.62. The van der Waals surface area contributed by atoms with Gasteiger partial charge in [0.25, 0.3) is 0 Å². The van der Waals surface area contributed by atoms with E-state index in [4.69, 9.17) is 0 Å². The molecule has 0 bridgehead atoms. The largest absolute Gasteiger partial charge is 0.390 e. The number of likely N-dealkylation sites (N-methyl/N-ethyl adjacent to an activating group) is 1. The number of amides is 1. The number of aliphatic hydroxyl groups excluding tert-OH is 2. The van der Waals surface area contributed by atoms with Crippen LogP contribution in [-0.2, 0) is 4.79 Å². The van der Waals surface area contributed by atoms with Gasteiger partial charge in [0.2, 0.25) is 5.91 Å². The molecule has 1 heterocycles. The third-order valence-corrected chi connectivity index (χ3v) is 8.10. The maximum Gasteiger partial charge on any atom is 0.246 e. The maximum absolute atomic E-state index is 12.0. The van der Waals surface area contributed by atoms with Crippen LogP contribution in [-0.4, -0.2) is 46.3 Å². The van der Waals surface area contributed by atoms with Gasteiger partial charge in [0.05, 0.1) is 12.2 Å². The second-order valence-electron chi connectivity index (χ2n) is 8.91. The zero-order valence-electron chi connectivity index (χ0n) is 14.4. The molecule has 1 aliphatic heterocycles. The molecule has 0 radical (unpaired) electrons. The van der Waals surface area contributed by atoms with Crippen molar-refractivity contribution in [2.75, 3.05) is 7.05 Å². The van der Waals surface area contributed by atoms with Gasteiger partial charge in [-0.25, -0.2) is 0 Å². The lowest BCUT2D eigenvalue weighted by Crippen LogP contribution is -2.59. The molecule has 3 aliphatic carbocycles. The summed E-state index contributed by atoms with van der Waals surface area (Å²) in [5.74, 6) is 1.62. The Labute approximate surface area is 138 Å². The molecule has 4 nitrogen and oxygen atoms in total. The van der Waals surface area contributed by atoms with E-state index in [-0.39, 0.29) is 16.7 Å². The van der Waals surface area contributed by atoms with Gasteiger partial charge in [0.15, 0.2) is 0 Å². The molecule has 0 saturated heterocycles. The summed E-state index contributed by atoms with van der Waals surface area (Å²) in [5, 5.41) is 20.7. The average Bonchev–Trinajstić information content (AvgIpc) is 2.75. The molecule has 4 aliphatic rings. The van der Waals surface area contributed by atoms with E-state index in [9.17, 15) is 15.0 Å². The normalized spacial score (nSPS) is 55.3. The highest BCUT2D eigenvalue weighted by molar-refractivity contribution is 5.89. The lowest BCUT2D eigenvalue weighted by Gasteiger charge is -2.59. The molecule has 3 unspecified atom stereocenters. The molecule has 4 rings (SSSR count). The Balaban J connectivity index is 1.70. The minimum Gasteiger partial charge on any atom is -0.390 e. The van der Waals surface area contributed by atoms with Gasteiger partial charge in [-0.2, -0.15) is 0 Å². The highest BCUT2D eigenvalue weighted by Crippen LogP contribution is 2.63. The van der Waals surface area contributed by atoms with Gasteiger partial charge in [0.1, 0.15) is 0 Å². The van der Waals surface area contributed by atoms with Crippen LogP contribution in [0.1, 0.15) is 46.0 Å². The van der Waals surface area contributed by atoms with Crippen LogP contribution in [0.25, 0.3) is 0 Å². The summed E-state index contributed by atoms with van der Waals surface area (Å²) in [4.78, 5) is 14.0. The third-order valence-electron chi connectivity index (χ3n) is 8.10. The molecule has 0 spiro atoms. The molecule has 4 heteroatoms. The van der Waals surface area contributed by atoms with E-state index in [1.807, 2.05) is 11.9 Å². The fourth-order valence-electron chi connectivity index (χ4n) is 6.73. The van der Waals surface area contributed by atoms with Crippen LogP contribution < -0.4 is 0 Å². The van der Waals surface area contributed by atoms with E-state index in [1.165, 1.54) is 0 Å². The van der Waals surface area contributed by atoms with E-state index in [2.05, 4.69) is 19.9 Å². The molecular weight excluding hydrogens is 290 g/mol. The fourth-order valence-corrected chi connectivity index (χ4v) is 6.73. The summed E-state index contributed by atoms with van der Waals surface area (Å²) in [6.45, 7) is 4.49. The first-order valence-electron chi connectivity index (χ1n) is 9.11. The number of carbonyl (C=O) groups is 1. The number of aliphatic hydroxyl groups is 2. The second-order valence-corrected chi connectivity index (χ2v) is 8.91. The summed E-state index contributed by atoms with van der Waals surface area (Å²) in [6, 6.07) is 0.293. The first kappa shape index (κ1) is 15.6. The van der Waals surface area contributed by atoms with Gasteiger partial charge in [-0.15, -0.1) is 0 Å². The lowest BCUT2D eigenvalue weighted by atomic mass is 9.48. The Kier molecular flexibility index (Phi) is 3.28. The fraction of sp³-hybridized carbons (Fsp3) is 0.842. The topological polar surface area (TPSA) is 60.8 Å². The lowest BCUT2D eigenvalue weighted by molar-refractivity contribution is -0.140. The van der Waals surface area contributed by atoms with E-state index >= 15 is 0 Å². The Bertz CT molecular complexity index is 561. The number of rotatable bonds is 0. The number of hydrogen-bond acceptors (Lipinski definition) is 3. The summed E-state index contributed by atoms with van der Waals surface area (Å²) < 4.78 is 0. The smallest absolute Gasteiger partial charge is 0.246 e. The molecular formula is C19H29NO3. The van der Waals surface area contributed by atoms with Crippen LogP contribution in [0.3, 0.4) is 0 Å². The van der Waals surface area contributed by atoms with E-state index in [0.29, 0.717) is 23.8 Å². The molecule has 8 atom stereocenters. The number of nitrogens with zero attached hydrogens (tertiary/aromatic N) is 1. The van der Waals surface area contributed by atoms with Gasteiger partial charge in [-0.05, 0) is 61.3 Å². The van der Waals surface area contributed by atoms with Gasteiger partial charge in [-0.3, -0.25) is 4.79 Å². The van der Waals surface area contributed by atoms with Crippen molar-refractivity contribution in [1.29, 1.82) is 0 Å². The summed E-state index contributed by atoms with van der Waals surface area (Å²) in [7, 11) is 1.94. The second kappa shape index (κ2) is 4.82. The number of carbonyl (C=O) groups excluding carboxylic acids is 1. The van der Waals surface area contributed by atoms with Gasteiger partial charge in [-0.1, -0.05) is 19.9 Å². The monoisotopic (exact) mass is 319 g/mol. The molecule has 2 N–H and O–H groups in total. The molecule has 3 fully saturated rings. The molecule has 0 aromatic carbocycles. The Morgan fingerprint density at radius 3 is 2.65 bits per heavy atom. The van der Waals surface area contributed by atoms with Crippen LogP contribution in [0.2, 0.25) is 0 Å². The van der Waals surface area contributed by atoms with Crippen molar-refractivity contribution in [3.63, 3.8) is 0 Å². The molecule has 0 aromatic heterocycles. The summed E-state index contributed by atoms with van der Waals surface area (Å²) >= 11 is 0. The predicted molar refractivity (Wildman–Crippen MR) is 87.5 cm³/mol. The van der Waals surface area contributed by atoms with E-state index in [1.54, 1.807) is 6.08 Å². The van der Waals surface area contributed by atoms with Crippen molar-refractivity contribution in [1.82, 2.24) is 4.90 Å². The van der Waals surface area contributed by atoms with Gasteiger partial charge < -0.3 is 15.1 Å². The quantitative estimate of drug-likeness (QED) is 0.717. The first-order valence-corrected chi connectivity index (χ1v) is 9.11. The van der Waals surface area contributed by atoms with Crippen molar-refractivity contribution in [2.45, 2.75) is 64.2 Å². The first-order chi connectivity index (χ1) is 10.8. The molecule has 3 saturated carbocycles. The molecule has 128 valence electrons. The Morgan fingerprint density at radius 1 is 1.17 bits per heavy atom. The predicted octanol–water partition coefficient (Wildman–Crippen LogP) is 1.96. The summed E-state index contributed by atoms with van der Waals surface area (Å²) in [6.07, 6.45) is 7.71. The third kappa shape index (κ3) is 1.88. The van der Waals surface area contributed by atoms with Crippen molar-refractivity contribution >= 4 is 5.91 Å². The molecule has 0 aromatic rings. The van der Waals surface area contributed by atoms with E-state index < -0.39 is 12.2 Å². The Hall–Kier alpha value is -0.870. The number of fused-ring (bicyclic) bond motifs is 5. The molecule has 23 heavy (non-hydrogen) atoms. The summed E-state index contributed by atoms with van der Waals surface area (Å²) in [5.41, 5.74) is -0.102. The highest BCUT2D eigenvalue weighted by atomic mass is 16.3. The standard InChI is InChI=1S/C19H29NO3/c1-18-9-7-16(22)20(3)15(18)5-4-11-12(18)6-8-19(2)13(11)10-14(21)17(19)23/h7,9,11-15,17,21,23H,4-6,8,10H2,1-3H3/t11-,12-,13+,14?,15?,17?,18-,19+/m1/s1. The minimum absolute atomic E-state index is 0.0331. The van der Waals surface area contributed by atoms with Crippen molar-refractivity contribution in [3.8, 4) is 0 Å². The minimum atomic E-state index is -0.579. The van der Waals surface area contributed by atoms with Crippen LogP contribution >= 0.6 is 0 Å². The zero-order chi connectivity index (χ0) is 16.6. The van der Waals surface area contributed by atoms with Crippen LogP contribution in [0.15, 0.2) is 12.2 Å². The van der Waals surface area contributed by atoms with E-state index in [0.717, 1.165) is 32.1 Å². The van der Waals surface area contributed by atoms with Crippen LogP contribution in [0.5, 0.6) is 0 Å². The van der Waals surface area contributed by atoms with Crippen LogP contribution in [0, 0.1) is 28.6 Å². The maximum atomic E-state index is 12.0.